The molecule has 2 nitrogen and oxygen atoms in total. The van der Waals surface area contributed by atoms with Gasteiger partial charge in [-0.25, -0.2) is 0 Å². The summed E-state index contributed by atoms with van der Waals surface area (Å²) in [7, 11) is 0. The van der Waals surface area contributed by atoms with E-state index in [4.69, 9.17) is 0 Å². The van der Waals surface area contributed by atoms with Gasteiger partial charge in [0.15, 0.2) is 0 Å². The molecular weight excluding hydrogens is 252 g/mol. The molecule has 0 aliphatic carbocycles. The van der Waals surface area contributed by atoms with Gasteiger partial charge < -0.3 is 10.2 Å². The lowest BCUT2D eigenvalue weighted by Crippen LogP contribution is -2.42. The predicted molar refractivity (Wildman–Crippen MR) is 84.8 cm³/mol. The average Bonchev–Trinajstić information content (AvgIpc) is 2.94. The summed E-state index contributed by atoms with van der Waals surface area (Å²) in [6, 6.07) is 5.50. The standard InChI is InChI=1S/C16H28N2S/c1-4-9-18-10-7-15(8-11-18)13(2)17-14(3)16-6-5-12-19-16/h5-6,12-15,17H,4,7-11H2,1-3H3/t13?,14-/m1/s1. The second-order valence-corrected chi connectivity index (χ2v) is 6.85. The molecule has 108 valence electrons. The first-order valence-electron chi connectivity index (χ1n) is 7.72. The van der Waals surface area contributed by atoms with Gasteiger partial charge in [0.05, 0.1) is 0 Å². The van der Waals surface area contributed by atoms with Crippen LogP contribution in [0, 0.1) is 5.92 Å². The smallest absolute Gasteiger partial charge is 0.0388 e. The molecule has 0 aromatic carbocycles. The monoisotopic (exact) mass is 280 g/mol. The fraction of sp³-hybridized carbons (Fsp3) is 0.750. The highest BCUT2D eigenvalue weighted by Crippen LogP contribution is 2.24. The molecule has 1 N–H and O–H groups in total. The maximum absolute atomic E-state index is 3.79. The summed E-state index contributed by atoms with van der Waals surface area (Å²) in [5.41, 5.74) is 0. The van der Waals surface area contributed by atoms with Crippen molar-refractivity contribution in [3.8, 4) is 0 Å². The summed E-state index contributed by atoms with van der Waals surface area (Å²) in [4.78, 5) is 4.07. The van der Waals surface area contributed by atoms with Crippen LogP contribution in [0.5, 0.6) is 0 Å². The van der Waals surface area contributed by atoms with E-state index in [1.807, 2.05) is 11.3 Å². The Labute approximate surface area is 122 Å². The van der Waals surface area contributed by atoms with Crippen LogP contribution in [0.3, 0.4) is 0 Å². The van der Waals surface area contributed by atoms with E-state index in [0.29, 0.717) is 12.1 Å². The van der Waals surface area contributed by atoms with Crippen molar-refractivity contribution in [3.63, 3.8) is 0 Å². The molecule has 0 amide bonds. The lowest BCUT2D eigenvalue weighted by Gasteiger charge is -2.36. The van der Waals surface area contributed by atoms with Gasteiger partial charge in [0.2, 0.25) is 0 Å². The normalized spacial score (nSPS) is 21.4. The lowest BCUT2D eigenvalue weighted by molar-refractivity contribution is 0.159. The molecule has 1 aromatic rings. The highest BCUT2D eigenvalue weighted by atomic mass is 32.1. The lowest BCUT2D eigenvalue weighted by atomic mass is 9.90. The van der Waals surface area contributed by atoms with Crippen LogP contribution >= 0.6 is 11.3 Å². The fourth-order valence-corrected chi connectivity index (χ4v) is 3.89. The molecule has 1 aromatic heterocycles. The maximum atomic E-state index is 3.79. The molecule has 0 spiro atoms. The minimum atomic E-state index is 0.490. The predicted octanol–water partition coefficient (Wildman–Crippen LogP) is 3.91. The molecule has 2 atom stereocenters. The first kappa shape index (κ1) is 15.0. The molecule has 2 heterocycles. The molecule has 3 heteroatoms. The number of piperidine rings is 1. The van der Waals surface area contributed by atoms with Gasteiger partial charge in [-0.05, 0) is 70.1 Å². The van der Waals surface area contributed by atoms with Crippen LogP contribution in [0.1, 0.15) is 51.0 Å². The Bertz CT molecular complexity index is 342. The molecule has 1 aliphatic heterocycles. The zero-order valence-corrected chi connectivity index (χ0v) is 13.4. The molecule has 1 fully saturated rings. The van der Waals surface area contributed by atoms with Crippen molar-refractivity contribution in [2.45, 2.75) is 52.1 Å². The van der Waals surface area contributed by atoms with Gasteiger partial charge in [-0.15, -0.1) is 11.3 Å². The zero-order valence-electron chi connectivity index (χ0n) is 12.6. The van der Waals surface area contributed by atoms with Gasteiger partial charge in [0.25, 0.3) is 0 Å². The van der Waals surface area contributed by atoms with Crippen molar-refractivity contribution in [3.05, 3.63) is 22.4 Å². The largest absolute Gasteiger partial charge is 0.307 e. The third-order valence-electron chi connectivity index (χ3n) is 4.36. The first-order valence-corrected chi connectivity index (χ1v) is 8.60. The van der Waals surface area contributed by atoms with Crippen LogP contribution in [-0.2, 0) is 0 Å². The zero-order chi connectivity index (χ0) is 13.7. The maximum Gasteiger partial charge on any atom is 0.0388 e. The third-order valence-corrected chi connectivity index (χ3v) is 5.42. The average molecular weight is 280 g/mol. The Morgan fingerprint density at radius 1 is 1.37 bits per heavy atom. The molecule has 0 radical (unpaired) electrons. The van der Waals surface area contributed by atoms with Gasteiger partial charge in [-0.2, -0.15) is 0 Å². The number of hydrogen-bond acceptors (Lipinski definition) is 3. The van der Waals surface area contributed by atoms with E-state index in [9.17, 15) is 0 Å². The van der Waals surface area contributed by atoms with Crippen LogP contribution in [0.15, 0.2) is 17.5 Å². The summed E-state index contributed by atoms with van der Waals surface area (Å²) >= 11 is 1.86. The first-order chi connectivity index (χ1) is 9.20. The van der Waals surface area contributed by atoms with Gasteiger partial charge >= 0.3 is 0 Å². The Morgan fingerprint density at radius 3 is 2.68 bits per heavy atom. The van der Waals surface area contributed by atoms with Crippen molar-refractivity contribution in [2.75, 3.05) is 19.6 Å². The minimum absolute atomic E-state index is 0.490. The van der Waals surface area contributed by atoms with Gasteiger partial charge in [0.1, 0.15) is 0 Å². The van der Waals surface area contributed by atoms with Crippen molar-refractivity contribution in [2.24, 2.45) is 5.92 Å². The van der Waals surface area contributed by atoms with Crippen molar-refractivity contribution < 1.29 is 0 Å². The van der Waals surface area contributed by atoms with E-state index in [1.54, 1.807) is 0 Å². The Hall–Kier alpha value is -0.380. The minimum Gasteiger partial charge on any atom is -0.307 e. The number of likely N-dealkylation sites (tertiary alicyclic amines) is 1. The highest BCUT2D eigenvalue weighted by Gasteiger charge is 2.24. The molecule has 1 aliphatic rings. The molecule has 1 unspecified atom stereocenters. The Kier molecular flexibility index (Phi) is 5.86. The molecule has 19 heavy (non-hydrogen) atoms. The second-order valence-electron chi connectivity index (χ2n) is 5.87. The summed E-state index contributed by atoms with van der Waals surface area (Å²) in [6.07, 6.45) is 3.99. The number of nitrogens with one attached hydrogen (secondary N) is 1. The van der Waals surface area contributed by atoms with Crippen LogP contribution in [0.4, 0.5) is 0 Å². The van der Waals surface area contributed by atoms with Crippen molar-refractivity contribution >= 4 is 11.3 Å². The Balaban J connectivity index is 1.76. The molecular formula is C16H28N2S. The van der Waals surface area contributed by atoms with Crippen LogP contribution in [0.25, 0.3) is 0 Å². The van der Waals surface area contributed by atoms with Crippen LogP contribution in [-0.4, -0.2) is 30.6 Å². The summed E-state index contributed by atoms with van der Waals surface area (Å²) in [6.45, 7) is 10.8. The SMILES string of the molecule is CCCN1CCC(C(C)N[C@H](C)c2cccs2)CC1. The highest BCUT2D eigenvalue weighted by molar-refractivity contribution is 7.10. The molecule has 1 saturated heterocycles. The summed E-state index contributed by atoms with van der Waals surface area (Å²) < 4.78 is 0. The van der Waals surface area contributed by atoms with E-state index in [-0.39, 0.29) is 0 Å². The number of hydrogen-bond donors (Lipinski definition) is 1. The quantitative estimate of drug-likeness (QED) is 0.850. The number of nitrogens with zero attached hydrogens (tertiary/aromatic N) is 1. The van der Waals surface area contributed by atoms with Crippen molar-refractivity contribution in [1.29, 1.82) is 0 Å². The fourth-order valence-electron chi connectivity index (χ4n) is 3.14. The van der Waals surface area contributed by atoms with Crippen molar-refractivity contribution in [1.82, 2.24) is 10.2 Å². The van der Waals surface area contributed by atoms with E-state index in [0.717, 1.165) is 5.92 Å². The molecule has 0 saturated carbocycles. The molecule has 0 bridgehead atoms. The van der Waals surface area contributed by atoms with Crippen LogP contribution < -0.4 is 5.32 Å². The second kappa shape index (κ2) is 7.41. The summed E-state index contributed by atoms with van der Waals surface area (Å²) in [5.74, 6) is 0.843. The van der Waals surface area contributed by atoms with E-state index >= 15 is 0 Å². The number of rotatable bonds is 6. The van der Waals surface area contributed by atoms with Crippen LogP contribution in [0.2, 0.25) is 0 Å². The van der Waals surface area contributed by atoms with E-state index < -0.39 is 0 Å². The topological polar surface area (TPSA) is 15.3 Å². The van der Waals surface area contributed by atoms with E-state index in [2.05, 4.69) is 48.5 Å². The molecule has 2 rings (SSSR count). The van der Waals surface area contributed by atoms with Gasteiger partial charge in [0, 0.05) is 17.0 Å². The van der Waals surface area contributed by atoms with E-state index in [1.165, 1.54) is 43.8 Å². The summed E-state index contributed by atoms with van der Waals surface area (Å²) in [5, 5.41) is 5.96. The van der Waals surface area contributed by atoms with Gasteiger partial charge in [-0.1, -0.05) is 13.0 Å². The number of thiophene rings is 1. The third kappa shape index (κ3) is 4.30. The van der Waals surface area contributed by atoms with Gasteiger partial charge in [-0.3, -0.25) is 0 Å². The Morgan fingerprint density at radius 2 is 2.11 bits per heavy atom.